The molecule has 0 spiro atoms. The minimum Gasteiger partial charge on any atom is -0.478 e. The number of rotatable bonds is 3. The number of aromatic nitrogens is 1. The van der Waals surface area contributed by atoms with Crippen LogP contribution < -0.4 is 0 Å². The molecule has 1 heterocycles. The molecule has 0 aliphatic carbocycles. The molecule has 21 heavy (non-hydrogen) atoms. The Labute approximate surface area is 127 Å². The fourth-order valence-corrected chi connectivity index (χ4v) is 2.94. The minimum atomic E-state index is -0.895. The number of para-hydroxylation sites is 1. The molecule has 1 N–H and O–H groups in total. The quantitative estimate of drug-likeness (QED) is 0.781. The van der Waals surface area contributed by atoms with Gasteiger partial charge in [-0.25, -0.2) is 4.79 Å². The molecule has 0 aliphatic heterocycles. The van der Waals surface area contributed by atoms with E-state index < -0.39 is 5.97 Å². The molecule has 0 amide bonds. The Kier molecular flexibility index (Phi) is 3.43. The van der Waals surface area contributed by atoms with Gasteiger partial charge in [-0.2, -0.15) is 0 Å². The summed E-state index contributed by atoms with van der Waals surface area (Å²) >= 11 is 6.02. The summed E-state index contributed by atoms with van der Waals surface area (Å²) in [5.41, 5.74) is 3.09. The van der Waals surface area contributed by atoms with Gasteiger partial charge < -0.3 is 9.67 Å². The average Bonchev–Trinajstić information content (AvgIpc) is 2.72. The molecule has 3 aromatic rings. The van der Waals surface area contributed by atoms with Crippen molar-refractivity contribution in [2.45, 2.75) is 13.5 Å². The number of hydrogen-bond donors (Lipinski definition) is 1. The Morgan fingerprint density at radius 3 is 2.67 bits per heavy atom. The van der Waals surface area contributed by atoms with Gasteiger partial charge in [-0.05, 0) is 30.7 Å². The molecule has 0 aliphatic rings. The largest absolute Gasteiger partial charge is 0.478 e. The van der Waals surface area contributed by atoms with Gasteiger partial charge in [0.05, 0.1) is 5.56 Å². The Morgan fingerprint density at radius 1 is 1.19 bits per heavy atom. The Balaban J connectivity index is 2.18. The highest BCUT2D eigenvalue weighted by molar-refractivity contribution is 6.30. The van der Waals surface area contributed by atoms with Gasteiger partial charge in [0.25, 0.3) is 0 Å². The first-order valence-corrected chi connectivity index (χ1v) is 7.01. The van der Waals surface area contributed by atoms with Crippen LogP contribution in [0.15, 0.2) is 48.5 Å². The zero-order chi connectivity index (χ0) is 15.0. The molecule has 0 radical (unpaired) electrons. The van der Waals surface area contributed by atoms with Crippen LogP contribution in [0, 0.1) is 6.92 Å². The number of halogens is 1. The number of carboxylic acids is 1. The maximum atomic E-state index is 11.5. The van der Waals surface area contributed by atoms with Crippen LogP contribution in [0.3, 0.4) is 0 Å². The topological polar surface area (TPSA) is 42.2 Å². The minimum absolute atomic E-state index is 0.368. The van der Waals surface area contributed by atoms with Crippen molar-refractivity contribution in [3.8, 4) is 0 Å². The Morgan fingerprint density at radius 2 is 1.95 bits per heavy atom. The van der Waals surface area contributed by atoms with E-state index in [1.807, 2.05) is 60.0 Å². The molecule has 0 saturated carbocycles. The summed E-state index contributed by atoms with van der Waals surface area (Å²) in [5, 5.41) is 10.9. The summed E-state index contributed by atoms with van der Waals surface area (Å²) in [4.78, 5) is 11.5. The van der Waals surface area contributed by atoms with E-state index in [0.29, 0.717) is 17.1 Å². The summed E-state index contributed by atoms with van der Waals surface area (Å²) < 4.78 is 2.02. The van der Waals surface area contributed by atoms with Crippen LogP contribution in [0.25, 0.3) is 10.9 Å². The highest BCUT2D eigenvalue weighted by Gasteiger charge is 2.18. The summed E-state index contributed by atoms with van der Waals surface area (Å²) in [5.74, 6) is -0.895. The Bertz CT molecular complexity index is 836. The van der Waals surface area contributed by atoms with Gasteiger partial charge in [0.2, 0.25) is 0 Å². The van der Waals surface area contributed by atoms with Gasteiger partial charge in [0.15, 0.2) is 0 Å². The van der Waals surface area contributed by atoms with Crippen molar-refractivity contribution in [1.29, 1.82) is 0 Å². The van der Waals surface area contributed by atoms with Crippen LogP contribution in [-0.4, -0.2) is 15.6 Å². The van der Waals surface area contributed by atoms with Crippen LogP contribution in [-0.2, 0) is 6.54 Å². The molecule has 0 bridgehead atoms. The van der Waals surface area contributed by atoms with Crippen molar-refractivity contribution in [3.05, 3.63) is 70.4 Å². The number of aromatic carboxylic acids is 1. The predicted molar refractivity (Wildman–Crippen MR) is 84.2 cm³/mol. The summed E-state index contributed by atoms with van der Waals surface area (Å²) in [6, 6.07) is 15.2. The van der Waals surface area contributed by atoms with E-state index >= 15 is 0 Å². The van der Waals surface area contributed by atoms with Crippen molar-refractivity contribution in [1.82, 2.24) is 4.57 Å². The van der Waals surface area contributed by atoms with Gasteiger partial charge in [0.1, 0.15) is 0 Å². The number of carboxylic acid groups (broad SMARTS) is 1. The second-order valence-corrected chi connectivity index (χ2v) is 5.44. The zero-order valence-electron chi connectivity index (χ0n) is 11.5. The van der Waals surface area contributed by atoms with E-state index in [9.17, 15) is 9.90 Å². The van der Waals surface area contributed by atoms with Crippen LogP contribution in [0.1, 0.15) is 21.6 Å². The van der Waals surface area contributed by atoms with Crippen molar-refractivity contribution in [2.24, 2.45) is 0 Å². The molecular formula is C17H14ClNO2. The normalized spacial score (nSPS) is 11.0. The van der Waals surface area contributed by atoms with Gasteiger partial charge in [-0.3, -0.25) is 0 Å². The summed E-state index contributed by atoms with van der Waals surface area (Å²) in [7, 11) is 0. The molecule has 3 rings (SSSR count). The van der Waals surface area contributed by atoms with Crippen molar-refractivity contribution >= 4 is 28.5 Å². The fraction of sp³-hybridized carbons (Fsp3) is 0.118. The van der Waals surface area contributed by atoms with E-state index in [1.54, 1.807) is 0 Å². The van der Waals surface area contributed by atoms with Crippen LogP contribution in [0.2, 0.25) is 5.02 Å². The predicted octanol–water partition coefficient (Wildman–Crippen LogP) is 4.35. The third-order valence-electron chi connectivity index (χ3n) is 3.67. The number of benzene rings is 2. The first-order chi connectivity index (χ1) is 10.1. The highest BCUT2D eigenvalue weighted by Crippen LogP contribution is 2.27. The third-order valence-corrected chi connectivity index (χ3v) is 3.91. The van der Waals surface area contributed by atoms with E-state index in [1.165, 1.54) is 0 Å². The number of nitrogens with zero attached hydrogens (tertiary/aromatic N) is 1. The van der Waals surface area contributed by atoms with Crippen molar-refractivity contribution < 1.29 is 9.90 Å². The van der Waals surface area contributed by atoms with E-state index in [-0.39, 0.29) is 0 Å². The zero-order valence-corrected chi connectivity index (χ0v) is 12.3. The first-order valence-electron chi connectivity index (χ1n) is 6.63. The molecule has 0 saturated heterocycles. The van der Waals surface area contributed by atoms with Crippen LogP contribution in [0.5, 0.6) is 0 Å². The van der Waals surface area contributed by atoms with Crippen LogP contribution >= 0.6 is 11.6 Å². The number of carbonyl (C=O) groups is 1. The van der Waals surface area contributed by atoms with Crippen molar-refractivity contribution in [2.75, 3.05) is 0 Å². The Hall–Kier alpha value is -2.26. The van der Waals surface area contributed by atoms with Crippen molar-refractivity contribution in [3.63, 3.8) is 0 Å². The third kappa shape index (κ3) is 2.41. The second-order valence-electron chi connectivity index (χ2n) is 5.00. The number of fused-ring (bicyclic) bond motifs is 1. The molecule has 1 aromatic heterocycles. The second kappa shape index (κ2) is 5.26. The summed E-state index contributed by atoms with van der Waals surface area (Å²) in [6.45, 7) is 2.44. The molecule has 0 atom stereocenters. The lowest BCUT2D eigenvalue weighted by Crippen LogP contribution is -2.04. The smallest absolute Gasteiger partial charge is 0.338 e. The standard InChI is InChI=1S/C17H14ClNO2/c1-11-16(17(20)21)14-7-2-3-8-15(14)19(11)10-12-5-4-6-13(18)9-12/h2-9H,10H2,1H3,(H,20,21). The van der Waals surface area contributed by atoms with Gasteiger partial charge in [-0.15, -0.1) is 0 Å². The first kappa shape index (κ1) is 13.7. The van der Waals surface area contributed by atoms with Gasteiger partial charge >= 0.3 is 5.97 Å². The van der Waals surface area contributed by atoms with E-state index in [0.717, 1.165) is 22.2 Å². The van der Waals surface area contributed by atoms with Gasteiger partial charge in [-0.1, -0.05) is 41.9 Å². The van der Waals surface area contributed by atoms with E-state index in [2.05, 4.69) is 0 Å². The monoisotopic (exact) mass is 299 g/mol. The van der Waals surface area contributed by atoms with E-state index in [4.69, 9.17) is 11.6 Å². The SMILES string of the molecule is Cc1c(C(=O)O)c2ccccc2n1Cc1cccc(Cl)c1. The molecule has 3 nitrogen and oxygen atoms in total. The lowest BCUT2D eigenvalue weighted by atomic mass is 10.1. The lowest BCUT2D eigenvalue weighted by molar-refractivity contribution is 0.0698. The van der Waals surface area contributed by atoms with Gasteiger partial charge in [0, 0.05) is 28.2 Å². The molecule has 4 heteroatoms. The maximum absolute atomic E-state index is 11.5. The maximum Gasteiger partial charge on any atom is 0.338 e. The molecule has 0 unspecified atom stereocenters. The average molecular weight is 300 g/mol. The molecule has 0 fully saturated rings. The lowest BCUT2D eigenvalue weighted by Gasteiger charge is -2.09. The summed E-state index contributed by atoms with van der Waals surface area (Å²) in [6.07, 6.45) is 0. The molecule has 106 valence electrons. The highest BCUT2D eigenvalue weighted by atomic mass is 35.5. The fourth-order valence-electron chi connectivity index (χ4n) is 2.72. The molecule has 2 aromatic carbocycles. The number of hydrogen-bond acceptors (Lipinski definition) is 1. The van der Waals surface area contributed by atoms with Crippen LogP contribution in [0.4, 0.5) is 0 Å². The molecular weight excluding hydrogens is 286 g/mol.